The van der Waals surface area contributed by atoms with E-state index < -0.39 is 17.6 Å². The van der Waals surface area contributed by atoms with Gasteiger partial charge in [-0.3, -0.25) is 0 Å². The van der Waals surface area contributed by atoms with Gasteiger partial charge in [0.15, 0.2) is 5.76 Å². The summed E-state index contributed by atoms with van der Waals surface area (Å²) in [5.41, 5.74) is 0.387. The maximum Gasteiger partial charge on any atom is 0.341 e. The molecule has 0 saturated carbocycles. The van der Waals surface area contributed by atoms with E-state index in [-0.39, 0.29) is 17.9 Å². The number of hydrogen-bond donors (Lipinski definition) is 0. The minimum atomic E-state index is -0.617. The maximum absolute atomic E-state index is 11.7. The van der Waals surface area contributed by atoms with Gasteiger partial charge in [-0.1, -0.05) is 12.1 Å². The summed E-state index contributed by atoms with van der Waals surface area (Å²) >= 11 is 0. The van der Waals surface area contributed by atoms with Crippen molar-refractivity contribution in [3.8, 4) is 11.3 Å². The Bertz CT molecular complexity index is 742. The summed E-state index contributed by atoms with van der Waals surface area (Å²) in [5, 5.41) is 0. The zero-order valence-electron chi connectivity index (χ0n) is 12.1. The maximum atomic E-state index is 11.7. The van der Waals surface area contributed by atoms with Gasteiger partial charge in [0.2, 0.25) is 0 Å². The van der Waals surface area contributed by atoms with Crippen LogP contribution in [0.1, 0.15) is 27.6 Å². The molecule has 0 bridgehead atoms. The van der Waals surface area contributed by atoms with Gasteiger partial charge in [-0.2, -0.15) is 0 Å². The molecule has 0 N–H and O–H groups in total. The number of hydrogen-bond acceptors (Lipinski definition) is 6. The molecule has 0 aliphatic heterocycles. The molecule has 1 aromatic carbocycles. The van der Waals surface area contributed by atoms with E-state index in [9.17, 15) is 14.4 Å². The molecule has 0 atom stereocenters. The van der Waals surface area contributed by atoms with Crippen molar-refractivity contribution in [3.63, 3.8) is 0 Å². The zero-order valence-corrected chi connectivity index (χ0v) is 12.1. The molecular formula is C16H14O6. The van der Waals surface area contributed by atoms with Crippen molar-refractivity contribution in [3.05, 3.63) is 57.9 Å². The standard InChI is InChI=1S/C16H14O6/c1-3-21-15(18)11-6-4-10(5-7-11)14-12(16(19)20-2)8-9-13(17)22-14/h4-9H,3H2,1-2H3. The fourth-order valence-corrected chi connectivity index (χ4v) is 1.87. The molecule has 0 unspecified atom stereocenters. The van der Waals surface area contributed by atoms with E-state index in [0.717, 1.165) is 6.07 Å². The lowest BCUT2D eigenvalue weighted by Gasteiger charge is -2.07. The molecule has 0 amide bonds. The SMILES string of the molecule is CCOC(=O)c1ccc(-c2oc(=O)ccc2C(=O)OC)cc1. The second-order valence-corrected chi connectivity index (χ2v) is 4.29. The first-order valence-corrected chi connectivity index (χ1v) is 6.56. The zero-order chi connectivity index (χ0) is 16.1. The largest absolute Gasteiger partial charge is 0.465 e. The molecule has 1 aromatic heterocycles. The van der Waals surface area contributed by atoms with E-state index in [0.29, 0.717) is 11.1 Å². The van der Waals surface area contributed by atoms with Crippen molar-refractivity contribution < 1.29 is 23.5 Å². The summed E-state index contributed by atoms with van der Waals surface area (Å²) in [6.45, 7) is 1.99. The third-order valence-electron chi connectivity index (χ3n) is 2.90. The van der Waals surface area contributed by atoms with Crippen LogP contribution in [-0.2, 0) is 9.47 Å². The summed E-state index contributed by atoms with van der Waals surface area (Å²) < 4.78 is 14.6. The molecule has 0 aliphatic carbocycles. The summed E-state index contributed by atoms with van der Waals surface area (Å²) in [6, 6.07) is 8.67. The monoisotopic (exact) mass is 302 g/mol. The Labute approximate surface area is 126 Å². The molecule has 6 nitrogen and oxygen atoms in total. The van der Waals surface area contributed by atoms with E-state index in [4.69, 9.17) is 9.15 Å². The van der Waals surface area contributed by atoms with Gasteiger partial charge in [0, 0.05) is 11.6 Å². The van der Waals surface area contributed by atoms with Crippen LogP contribution >= 0.6 is 0 Å². The first-order valence-electron chi connectivity index (χ1n) is 6.56. The summed E-state index contributed by atoms with van der Waals surface area (Å²) in [6.07, 6.45) is 0. The van der Waals surface area contributed by atoms with E-state index in [1.165, 1.54) is 25.3 Å². The van der Waals surface area contributed by atoms with Gasteiger partial charge in [0.05, 0.1) is 19.3 Å². The van der Waals surface area contributed by atoms with Gasteiger partial charge in [-0.15, -0.1) is 0 Å². The number of ether oxygens (including phenoxy) is 2. The van der Waals surface area contributed by atoms with Gasteiger partial charge in [-0.05, 0) is 25.1 Å². The van der Waals surface area contributed by atoms with Crippen LogP contribution < -0.4 is 5.63 Å². The molecule has 0 saturated heterocycles. The minimum Gasteiger partial charge on any atom is -0.465 e. The van der Waals surface area contributed by atoms with Gasteiger partial charge < -0.3 is 13.9 Å². The van der Waals surface area contributed by atoms with E-state index in [1.807, 2.05) is 0 Å². The molecule has 22 heavy (non-hydrogen) atoms. The fourth-order valence-electron chi connectivity index (χ4n) is 1.87. The lowest BCUT2D eigenvalue weighted by Crippen LogP contribution is -2.08. The summed E-state index contributed by atoms with van der Waals surface area (Å²) in [7, 11) is 1.24. The first kappa shape index (κ1) is 15.5. The highest BCUT2D eigenvalue weighted by atomic mass is 16.5. The lowest BCUT2D eigenvalue weighted by atomic mass is 10.1. The van der Waals surface area contributed by atoms with Crippen LogP contribution in [0.15, 0.2) is 45.6 Å². The Morgan fingerprint density at radius 2 is 1.73 bits per heavy atom. The van der Waals surface area contributed by atoms with Gasteiger partial charge in [0.1, 0.15) is 5.56 Å². The second-order valence-electron chi connectivity index (χ2n) is 4.29. The van der Waals surface area contributed by atoms with Crippen LogP contribution in [0.25, 0.3) is 11.3 Å². The van der Waals surface area contributed by atoms with Gasteiger partial charge >= 0.3 is 17.6 Å². The van der Waals surface area contributed by atoms with Crippen molar-refractivity contribution in [2.45, 2.75) is 6.92 Å². The molecule has 0 aliphatic rings. The Morgan fingerprint density at radius 3 is 2.32 bits per heavy atom. The molecule has 1 heterocycles. The second kappa shape index (κ2) is 6.71. The fraction of sp³-hybridized carbons (Fsp3) is 0.188. The average Bonchev–Trinajstić information content (AvgIpc) is 2.54. The highest BCUT2D eigenvalue weighted by molar-refractivity contribution is 5.96. The van der Waals surface area contributed by atoms with Crippen LogP contribution in [0.5, 0.6) is 0 Å². The molecule has 0 radical (unpaired) electrons. The van der Waals surface area contributed by atoms with Crippen LogP contribution in [0.3, 0.4) is 0 Å². The number of carbonyl (C=O) groups is 2. The molecule has 0 fully saturated rings. The van der Waals surface area contributed by atoms with Crippen molar-refractivity contribution in [2.24, 2.45) is 0 Å². The Balaban J connectivity index is 2.44. The normalized spacial score (nSPS) is 10.1. The van der Waals surface area contributed by atoms with Crippen molar-refractivity contribution in [1.82, 2.24) is 0 Å². The molecule has 2 rings (SSSR count). The first-order chi connectivity index (χ1) is 10.6. The highest BCUT2D eigenvalue weighted by Crippen LogP contribution is 2.23. The number of rotatable bonds is 4. The number of esters is 2. The quantitative estimate of drug-likeness (QED) is 0.806. The van der Waals surface area contributed by atoms with Crippen molar-refractivity contribution in [1.29, 1.82) is 0 Å². The molecule has 2 aromatic rings. The Kier molecular flexibility index (Phi) is 4.73. The predicted octanol–water partition coefficient (Wildman–Crippen LogP) is 2.27. The minimum absolute atomic E-state index is 0.0924. The van der Waals surface area contributed by atoms with Crippen molar-refractivity contribution >= 4 is 11.9 Å². The number of carbonyl (C=O) groups excluding carboxylic acids is 2. The number of methoxy groups -OCH3 is 1. The third-order valence-corrected chi connectivity index (χ3v) is 2.90. The topological polar surface area (TPSA) is 82.8 Å². The summed E-state index contributed by atoms with van der Waals surface area (Å²) in [5.74, 6) is -0.972. The number of benzene rings is 1. The lowest BCUT2D eigenvalue weighted by molar-refractivity contribution is 0.0525. The van der Waals surface area contributed by atoms with Gasteiger partial charge in [0.25, 0.3) is 0 Å². The van der Waals surface area contributed by atoms with E-state index in [2.05, 4.69) is 4.74 Å². The highest BCUT2D eigenvalue weighted by Gasteiger charge is 2.17. The molecule has 114 valence electrons. The average molecular weight is 302 g/mol. The molecule has 0 spiro atoms. The Hall–Kier alpha value is -2.89. The van der Waals surface area contributed by atoms with Crippen LogP contribution in [0.2, 0.25) is 0 Å². The Morgan fingerprint density at radius 1 is 1.05 bits per heavy atom. The van der Waals surface area contributed by atoms with Crippen LogP contribution in [0.4, 0.5) is 0 Å². The summed E-state index contributed by atoms with van der Waals surface area (Å²) in [4.78, 5) is 34.7. The van der Waals surface area contributed by atoms with E-state index in [1.54, 1.807) is 19.1 Å². The van der Waals surface area contributed by atoms with Crippen molar-refractivity contribution in [2.75, 3.05) is 13.7 Å². The molecule has 6 heteroatoms. The smallest absolute Gasteiger partial charge is 0.341 e. The third kappa shape index (κ3) is 3.22. The van der Waals surface area contributed by atoms with Gasteiger partial charge in [-0.25, -0.2) is 14.4 Å². The predicted molar refractivity (Wildman–Crippen MR) is 77.7 cm³/mol. The van der Waals surface area contributed by atoms with Crippen LogP contribution in [0, 0.1) is 0 Å². The van der Waals surface area contributed by atoms with Crippen LogP contribution in [-0.4, -0.2) is 25.7 Å². The van der Waals surface area contributed by atoms with E-state index >= 15 is 0 Å². The molecular weight excluding hydrogens is 288 g/mol.